The van der Waals surface area contributed by atoms with Crippen molar-refractivity contribution in [2.24, 2.45) is 5.92 Å². The molecule has 17 heavy (non-hydrogen) atoms. The van der Waals surface area contributed by atoms with Crippen LogP contribution in [0.2, 0.25) is 10.0 Å². The molecule has 1 aromatic heterocycles. The predicted molar refractivity (Wildman–Crippen MR) is 76.0 cm³/mol. The van der Waals surface area contributed by atoms with Crippen molar-refractivity contribution in [3.63, 3.8) is 0 Å². The minimum atomic E-state index is 0.701. The third-order valence-corrected chi connectivity index (χ3v) is 3.94. The molecule has 0 unspecified atom stereocenters. The molecule has 0 amide bonds. The van der Waals surface area contributed by atoms with Crippen LogP contribution in [0.5, 0.6) is 0 Å². The molecule has 0 N–H and O–H groups in total. The zero-order valence-corrected chi connectivity index (χ0v) is 11.7. The third-order valence-electron chi connectivity index (χ3n) is 3.41. The molecule has 0 bridgehead atoms. The van der Waals surface area contributed by atoms with Crippen LogP contribution in [0.15, 0.2) is 24.4 Å². The Morgan fingerprint density at radius 1 is 1.18 bits per heavy atom. The van der Waals surface area contributed by atoms with Crippen LogP contribution in [0.1, 0.15) is 26.7 Å². The van der Waals surface area contributed by atoms with Gasteiger partial charge in [-0.1, -0.05) is 49.9 Å². The highest BCUT2D eigenvalue weighted by atomic mass is 35.5. The topological polar surface area (TPSA) is 4.93 Å². The average molecular weight is 270 g/mol. The number of fused-ring (bicyclic) bond motifs is 1. The number of hydrogen-bond acceptors (Lipinski definition) is 0. The Balaban J connectivity index is 2.42. The number of hydrogen-bond donors (Lipinski definition) is 0. The van der Waals surface area contributed by atoms with Gasteiger partial charge in [0.1, 0.15) is 0 Å². The van der Waals surface area contributed by atoms with Gasteiger partial charge in [-0.25, -0.2) is 0 Å². The maximum absolute atomic E-state index is 6.18. The van der Waals surface area contributed by atoms with E-state index >= 15 is 0 Å². The SMILES string of the molecule is CCC(CC)Cn1ccc2c(Cl)cc(Cl)cc21. The molecule has 0 saturated carbocycles. The van der Waals surface area contributed by atoms with E-state index in [9.17, 15) is 0 Å². The van der Waals surface area contributed by atoms with Gasteiger partial charge in [0, 0.05) is 23.2 Å². The van der Waals surface area contributed by atoms with Crippen molar-refractivity contribution in [3.8, 4) is 0 Å². The highest BCUT2D eigenvalue weighted by Gasteiger charge is 2.09. The summed E-state index contributed by atoms with van der Waals surface area (Å²) in [5.74, 6) is 0.711. The number of aromatic nitrogens is 1. The van der Waals surface area contributed by atoms with E-state index < -0.39 is 0 Å². The lowest BCUT2D eigenvalue weighted by molar-refractivity contribution is 0.425. The summed E-state index contributed by atoms with van der Waals surface area (Å²) in [6.07, 6.45) is 4.50. The monoisotopic (exact) mass is 269 g/mol. The fourth-order valence-corrected chi connectivity index (χ4v) is 2.75. The summed E-state index contributed by atoms with van der Waals surface area (Å²) in [4.78, 5) is 0. The second-order valence-electron chi connectivity index (χ2n) is 4.47. The van der Waals surface area contributed by atoms with Crippen molar-refractivity contribution in [2.75, 3.05) is 0 Å². The summed E-state index contributed by atoms with van der Waals surface area (Å²) in [5, 5.41) is 2.52. The summed E-state index contributed by atoms with van der Waals surface area (Å²) in [6.45, 7) is 5.51. The van der Waals surface area contributed by atoms with Crippen LogP contribution in [0.3, 0.4) is 0 Å². The molecule has 2 aromatic rings. The standard InChI is InChI=1S/C14H17Cl2N/c1-3-10(4-2)9-17-6-5-12-13(16)7-11(15)8-14(12)17/h5-8,10H,3-4,9H2,1-2H3. The molecule has 3 heteroatoms. The first-order valence-electron chi connectivity index (χ1n) is 6.09. The van der Waals surface area contributed by atoms with Gasteiger partial charge in [-0.2, -0.15) is 0 Å². The first kappa shape index (κ1) is 12.8. The van der Waals surface area contributed by atoms with Crippen molar-refractivity contribution >= 4 is 34.1 Å². The second kappa shape index (κ2) is 5.32. The van der Waals surface area contributed by atoms with E-state index in [2.05, 4.69) is 30.7 Å². The van der Waals surface area contributed by atoms with Crippen LogP contribution in [-0.4, -0.2) is 4.57 Å². The van der Waals surface area contributed by atoms with Crippen LogP contribution < -0.4 is 0 Å². The largest absolute Gasteiger partial charge is 0.347 e. The van der Waals surface area contributed by atoms with Crippen molar-refractivity contribution < 1.29 is 0 Å². The Hall–Kier alpha value is -0.660. The van der Waals surface area contributed by atoms with E-state index in [1.165, 1.54) is 12.8 Å². The van der Waals surface area contributed by atoms with Gasteiger partial charge >= 0.3 is 0 Å². The van der Waals surface area contributed by atoms with Crippen molar-refractivity contribution in [1.82, 2.24) is 4.57 Å². The second-order valence-corrected chi connectivity index (χ2v) is 5.31. The molecule has 0 aliphatic carbocycles. The Morgan fingerprint density at radius 2 is 1.88 bits per heavy atom. The minimum Gasteiger partial charge on any atom is -0.347 e. The lowest BCUT2D eigenvalue weighted by Gasteiger charge is -2.14. The van der Waals surface area contributed by atoms with Gasteiger partial charge in [-0.15, -0.1) is 0 Å². The lowest BCUT2D eigenvalue weighted by Crippen LogP contribution is -2.07. The summed E-state index contributed by atoms with van der Waals surface area (Å²) < 4.78 is 2.25. The van der Waals surface area contributed by atoms with Crippen molar-refractivity contribution in [3.05, 3.63) is 34.4 Å². The zero-order chi connectivity index (χ0) is 12.4. The van der Waals surface area contributed by atoms with Gasteiger partial charge < -0.3 is 4.57 Å². The van der Waals surface area contributed by atoms with E-state index in [4.69, 9.17) is 23.2 Å². The Kier molecular flexibility index (Phi) is 4.01. The van der Waals surface area contributed by atoms with E-state index in [0.717, 1.165) is 22.5 Å². The molecule has 1 heterocycles. The highest BCUT2D eigenvalue weighted by Crippen LogP contribution is 2.29. The zero-order valence-electron chi connectivity index (χ0n) is 10.2. The number of benzene rings is 1. The molecule has 0 fully saturated rings. The molecule has 2 rings (SSSR count). The quantitative estimate of drug-likeness (QED) is 0.702. The fraction of sp³-hybridized carbons (Fsp3) is 0.429. The summed E-state index contributed by atoms with van der Waals surface area (Å²) in [7, 11) is 0. The normalized spacial score (nSPS) is 11.6. The summed E-state index contributed by atoms with van der Waals surface area (Å²) in [5.41, 5.74) is 1.13. The van der Waals surface area contributed by atoms with E-state index in [1.54, 1.807) is 6.07 Å². The molecule has 0 atom stereocenters. The lowest BCUT2D eigenvalue weighted by atomic mass is 10.0. The van der Waals surface area contributed by atoms with Crippen LogP contribution in [0, 0.1) is 5.92 Å². The Bertz CT molecular complexity index is 512. The van der Waals surface area contributed by atoms with Gasteiger partial charge in [0.2, 0.25) is 0 Å². The van der Waals surface area contributed by atoms with Crippen LogP contribution in [-0.2, 0) is 6.54 Å². The van der Waals surface area contributed by atoms with Gasteiger partial charge in [-0.05, 0) is 24.1 Å². The molecule has 1 nitrogen and oxygen atoms in total. The molecule has 1 aromatic carbocycles. The third kappa shape index (κ3) is 2.61. The van der Waals surface area contributed by atoms with E-state index in [0.29, 0.717) is 10.9 Å². The van der Waals surface area contributed by atoms with E-state index in [1.807, 2.05) is 6.07 Å². The molecule has 0 aliphatic heterocycles. The van der Waals surface area contributed by atoms with Crippen LogP contribution in [0.25, 0.3) is 10.9 Å². The maximum atomic E-state index is 6.18. The molecule has 92 valence electrons. The van der Waals surface area contributed by atoms with Gasteiger partial charge in [0.25, 0.3) is 0 Å². The molecule has 0 spiro atoms. The minimum absolute atomic E-state index is 0.701. The predicted octanol–water partition coefficient (Wildman–Crippen LogP) is 5.38. The average Bonchev–Trinajstić information content (AvgIpc) is 2.69. The van der Waals surface area contributed by atoms with E-state index in [-0.39, 0.29) is 0 Å². The fourth-order valence-electron chi connectivity index (χ4n) is 2.20. The first-order valence-corrected chi connectivity index (χ1v) is 6.85. The van der Waals surface area contributed by atoms with Crippen LogP contribution in [0.4, 0.5) is 0 Å². The smallest absolute Gasteiger partial charge is 0.0514 e. The van der Waals surface area contributed by atoms with Crippen LogP contribution >= 0.6 is 23.2 Å². The van der Waals surface area contributed by atoms with Gasteiger partial charge in [0.05, 0.1) is 10.5 Å². The highest BCUT2D eigenvalue weighted by molar-refractivity contribution is 6.38. The number of rotatable bonds is 4. The molecule has 0 aliphatic rings. The van der Waals surface area contributed by atoms with Gasteiger partial charge in [0.15, 0.2) is 0 Å². The van der Waals surface area contributed by atoms with Crippen molar-refractivity contribution in [1.29, 1.82) is 0 Å². The number of nitrogens with zero attached hydrogens (tertiary/aromatic N) is 1. The van der Waals surface area contributed by atoms with Crippen molar-refractivity contribution in [2.45, 2.75) is 33.2 Å². The summed E-state index contributed by atoms with van der Waals surface area (Å²) in [6, 6.07) is 5.86. The molecular formula is C14H17Cl2N. The number of halogens is 2. The maximum Gasteiger partial charge on any atom is 0.0514 e. The molecule has 0 saturated heterocycles. The molecular weight excluding hydrogens is 253 g/mol. The molecule has 0 radical (unpaired) electrons. The Labute approximate surface area is 112 Å². The van der Waals surface area contributed by atoms with Gasteiger partial charge in [-0.3, -0.25) is 0 Å². The summed E-state index contributed by atoms with van der Waals surface area (Å²) >= 11 is 12.2. The first-order chi connectivity index (χ1) is 8.15. The Morgan fingerprint density at radius 3 is 2.53 bits per heavy atom.